The van der Waals surface area contributed by atoms with Gasteiger partial charge in [-0.15, -0.1) is 0 Å². The summed E-state index contributed by atoms with van der Waals surface area (Å²) in [6.07, 6.45) is 9.66. The van der Waals surface area contributed by atoms with Crippen molar-refractivity contribution in [3.05, 3.63) is 65.7 Å². The predicted octanol–water partition coefficient (Wildman–Crippen LogP) is 4.94. The summed E-state index contributed by atoms with van der Waals surface area (Å²) in [5.74, 6) is 1.48. The van der Waals surface area contributed by atoms with E-state index in [0.29, 0.717) is 41.4 Å². The van der Waals surface area contributed by atoms with Crippen LogP contribution in [0, 0.1) is 0 Å². The molecule has 0 N–H and O–H groups in total. The van der Waals surface area contributed by atoms with Crippen LogP contribution < -0.4 is 9.47 Å². The van der Waals surface area contributed by atoms with E-state index in [4.69, 9.17) is 18.6 Å². The van der Waals surface area contributed by atoms with Crippen LogP contribution >= 0.6 is 0 Å². The van der Waals surface area contributed by atoms with Crippen LogP contribution in [0.3, 0.4) is 0 Å². The van der Waals surface area contributed by atoms with Crippen molar-refractivity contribution < 1.29 is 23.4 Å². The Morgan fingerprint density at radius 3 is 3.00 bits per heavy atom. The Morgan fingerprint density at radius 1 is 1.37 bits per heavy atom. The second-order valence-corrected chi connectivity index (χ2v) is 6.72. The maximum absolute atomic E-state index is 11.5. The van der Waals surface area contributed by atoms with Crippen LogP contribution in [-0.2, 0) is 9.53 Å². The van der Waals surface area contributed by atoms with E-state index in [-0.39, 0.29) is 12.1 Å². The molecule has 138 valence electrons. The first-order valence-electron chi connectivity index (χ1n) is 8.78. The minimum Gasteiger partial charge on any atom is -0.482 e. The van der Waals surface area contributed by atoms with Crippen LogP contribution in [0.4, 0.5) is 0 Å². The topological polar surface area (TPSA) is 57.9 Å². The Morgan fingerprint density at radius 2 is 2.22 bits per heavy atom. The van der Waals surface area contributed by atoms with E-state index in [2.05, 4.69) is 6.58 Å². The molecule has 0 saturated heterocycles. The monoisotopic (exact) mass is 364 g/mol. The third-order valence-corrected chi connectivity index (χ3v) is 4.56. The lowest BCUT2D eigenvalue weighted by Gasteiger charge is -2.18. The maximum Gasteiger partial charge on any atom is 0.334 e. The Bertz CT molecular complexity index is 1020. The zero-order chi connectivity index (χ0) is 19.0. The van der Waals surface area contributed by atoms with Crippen LogP contribution in [0.25, 0.3) is 17.0 Å². The molecule has 0 radical (unpaired) electrons. The second-order valence-electron chi connectivity index (χ2n) is 6.72. The number of carbonyl (C=O) groups is 1. The standard InChI is InChI=1S/C22H20O5/c1-13(10-18-11-14(2)22(23)27-18)6-8-25-21-19-17(7-9-24-19)12-16-5-4-15(3)26-20(16)21/h4-7,9,11-12,18H,3,8,10H2,1-2H3/b13-6+. The van der Waals surface area contributed by atoms with Crippen molar-refractivity contribution in [2.75, 3.05) is 6.61 Å². The number of rotatable bonds is 5. The van der Waals surface area contributed by atoms with E-state index in [1.165, 1.54) is 0 Å². The van der Waals surface area contributed by atoms with Gasteiger partial charge in [0.15, 0.2) is 11.3 Å². The molecule has 5 heteroatoms. The molecule has 1 unspecified atom stereocenters. The smallest absolute Gasteiger partial charge is 0.334 e. The SMILES string of the molecule is C=C1C=Cc2cc3ccoc3c(OC/C=C(\C)CC3C=C(C)C(=O)O3)c2O1. The Labute approximate surface area is 157 Å². The molecule has 0 saturated carbocycles. The molecule has 0 fully saturated rings. The summed E-state index contributed by atoms with van der Waals surface area (Å²) < 4.78 is 22.7. The maximum atomic E-state index is 11.5. The highest BCUT2D eigenvalue weighted by atomic mass is 16.5. The van der Waals surface area contributed by atoms with Gasteiger partial charge in [0.25, 0.3) is 0 Å². The Hall–Kier alpha value is -3.21. The molecule has 0 spiro atoms. The number of carbonyl (C=O) groups excluding carboxylic acids is 1. The average molecular weight is 364 g/mol. The number of esters is 1. The summed E-state index contributed by atoms with van der Waals surface area (Å²) in [6, 6.07) is 3.89. The molecular weight excluding hydrogens is 344 g/mol. The van der Waals surface area contributed by atoms with Crippen molar-refractivity contribution in [2.45, 2.75) is 26.4 Å². The van der Waals surface area contributed by atoms with E-state index < -0.39 is 0 Å². The number of hydrogen-bond acceptors (Lipinski definition) is 5. The number of ether oxygens (including phenoxy) is 3. The van der Waals surface area contributed by atoms with Gasteiger partial charge in [0.2, 0.25) is 5.75 Å². The summed E-state index contributed by atoms with van der Waals surface area (Å²) in [7, 11) is 0. The minimum atomic E-state index is -0.245. The number of furan rings is 1. The van der Waals surface area contributed by atoms with E-state index in [0.717, 1.165) is 16.5 Å². The van der Waals surface area contributed by atoms with E-state index in [1.807, 2.05) is 43.4 Å². The molecule has 27 heavy (non-hydrogen) atoms. The number of benzene rings is 1. The molecule has 2 aliphatic rings. The summed E-state index contributed by atoms with van der Waals surface area (Å²) in [6.45, 7) is 7.95. The van der Waals surface area contributed by atoms with Gasteiger partial charge >= 0.3 is 5.97 Å². The van der Waals surface area contributed by atoms with Gasteiger partial charge in [-0.3, -0.25) is 0 Å². The first-order valence-corrected chi connectivity index (χ1v) is 8.78. The molecule has 5 nitrogen and oxygen atoms in total. The van der Waals surface area contributed by atoms with Crippen molar-refractivity contribution in [1.29, 1.82) is 0 Å². The van der Waals surface area contributed by atoms with E-state index in [1.54, 1.807) is 13.2 Å². The zero-order valence-electron chi connectivity index (χ0n) is 15.3. The molecule has 1 aromatic carbocycles. The normalized spacial score (nSPS) is 19.0. The van der Waals surface area contributed by atoms with Crippen LogP contribution in [0.2, 0.25) is 0 Å². The zero-order valence-corrected chi connectivity index (χ0v) is 15.3. The van der Waals surface area contributed by atoms with Crippen molar-refractivity contribution in [1.82, 2.24) is 0 Å². The largest absolute Gasteiger partial charge is 0.482 e. The lowest BCUT2D eigenvalue weighted by Crippen LogP contribution is -2.09. The third kappa shape index (κ3) is 3.40. The van der Waals surface area contributed by atoms with E-state index in [9.17, 15) is 4.79 Å². The first kappa shape index (κ1) is 17.2. The summed E-state index contributed by atoms with van der Waals surface area (Å²) in [5.41, 5.74) is 3.30. The van der Waals surface area contributed by atoms with Gasteiger partial charge in [0.1, 0.15) is 18.5 Å². The van der Waals surface area contributed by atoms with Gasteiger partial charge in [-0.25, -0.2) is 4.79 Å². The molecule has 1 atom stereocenters. The fourth-order valence-electron chi connectivity index (χ4n) is 3.17. The Kier molecular flexibility index (Phi) is 4.36. The summed E-state index contributed by atoms with van der Waals surface area (Å²) in [5, 5.41) is 0.948. The third-order valence-electron chi connectivity index (χ3n) is 4.56. The number of hydrogen-bond donors (Lipinski definition) is 0. The lowest BCUT2D eigenvalue weighted by atomic mass is 10.1. The molecule has 0 amide bonds. The highest BCUT2D eigenvalue weighted by Gasteiger charge is 2.23. The Balaban J connectivity index is 1.51. The molecule has 4 rings (SSSR count). The van der Waals surface area contributed by atoms with Gasteiger partial charge in [0.05, 0.1) is 6.26 Å². The molecule has 0 bridgehead atoms. The van der Waals surface area contributed by atoms with Gasteiger partial charge in [-0.05, 0) is 50.3 Å². The van der Waals surface area contributed by atoms with Crippen molar-refractivity contribution >= 4 is 23.0 Å². The van der Waals surface area contributed by atoms with Crippen LogP contribution in [-0.4, -0.2) is 18.7 Å². The minimum absolute atomic E-state index is 0.202. The lowest BCUT2D eigenvalue weighted by molar-refractivity contribution is -0.139. The van der Waals surface area contributed by atoms with Crippen molar-refractivity contribution in [3.63, 3.8) is 0 Å². The van der Waals surface area contributed by atoms with Crippen LogP contribution in [0.1, 0.15) is 25.8 Å². The molecule has 1 aromatic heterocycles. The second kappa shape index (κ2) is 6.83. The number of allylic oxidation sites excluding steroid dienone is 1. The van der Waals surface area contributed by atoms with Crippen LogP contribution in [0.5, 0.6) is 11.5 Å². The van der Waals surface area contributed by atoms with Crippen LogP contribution in [0.15, 0.2) is 64.5 Å². The number of fused-ring (bicyclic) bond motifs is 2. The highest BCUT2D eigenvalue weighted by molar-refractivity contribution is 5.91. The molecule has 2 aromatic rings. The fourth-order valence-corrected chi connectivity index (χ4v) is 3.17. The molecular formula is C22H20O5. The average Bonchev–Trinajstić information content (AvgIpc) is 3.21. The summed E-state index contributed by atoms with van der Waals surface area (Å²) >= 11 is 0. The quantitative estimate of drug-likeness (QED) is 0.556. The molecule has 2 aliphatic heterocycles. The van der Waals surface area contributed by atoms with Gasteiger partial charge in [0, 0.05) is 22.9 Å². The van der Waals surface area contributed by atoms with E-state index >= 15 is 0 Å². The predicted molar refractivity (Wildman–Crippen MR) is 103 cm³/mol. The van der Waals surface area contributed by atoms with Crippen molar-refractivity contribution in [2.24, 2.45) is 0 Å². The molecule has 3 heterocycles. The highest BCUT2D eigenvalue weighted by Crippen LogP contribution is 2.43. The fraction of sp³-hybridized carbons (Fsp3) is 0.227. The van der Waals surface area contributed by atoms with Gasteiger partial charge in [-0.2, -0.15) is 0 Å². The number of cyclic esters (lactones) is 1. The molecule has 0 aliphatic carbocycles. The van der Waals surface area contributed by atoms with Crippen molar-refractivity contribution in [3.8, 4) is 11.5 Å². The summed E-state index contributed by atoms with van der Waals surface area (Å²) in [4.78, 5) is 11.5. The van der Waals surface area contributed by atoms with Gasteiger partial charge in [-0.1, -0.05) is 12.2 Å². The van der Waals surface area contributed by atoms with Gasteiger partial charge < -0.3 is 18.6 Å². The first-order chi connectivity index (χ1) is 13.0.